The molecule has 0 radical (unpaired) electrons. The van der Waals surface area contributed by atoms with Crippen molar-refractivity contribution >= 4 is 40.6 Å². The number of amides is 1. The van der Waals surface area contributed by atoms with Gasteiger partial charge < -0.3 is 27.2 Å². The number of thioether (sulfide) groups is 2. The van der Waals surface area contributed by atoms with Gasteiger partial charge in [-0.15, -0.1) is 11.8 Å². The summed E-state index contributed by atoms with van der Waals surface area (Å²) in [6.07, 6.45) is -0.368. The van der Waals surface area contributed by atoms with Gasteiger partial charge in [-0.1, -0.05) is 11.8 Å². The van der Waals surface area contributed by atoms with Crippen LogP contribution in [0.3, 0.4) is 0 Å². The lowest BCUT2D eigenvalue weighted by Crippen LogP contribution is -2.68. The van der Waals surface area contributed by atoms with Gasteiger partial charge in [0.2, 0.25) is 5.91 Å². The summed E-state index contributed by atoms with van der Waals surface area (Å²) in [6.45, 7) is 1.82. The maximum Gasteiger partial charge on any atom is 0.352 e. The Morgan fingerprint density at radius 1 is 1.48 bits per heavy atom. The Balaban J connectivity index is 1.81. The minimum Gasteiger partial charge on any atom is -0.477 e. The second-order valence-electron chi connectivity index (χ2n) is 6.00. The van der Waals surface area contributed by atoms with Gasteiger partial charge in [0.15, 0.2) is 5.17 Å². The highest BCUT2D eigenvalue weighted by Gasteiger charge is 2.51. The number of fused-ring (bicyclic) bond motifs is 1. The largest absolute Gasteiger partial charge is 0.477 e. The van der Waals surface area contributed by atoms with E-state index in [1.165, 1.54) is 28.4 Å². The number of aliphatic carboxylic acids is 1. The molecule has 3 rings (SSSR count). The average Bonchev–Trinajstić information content (AvgIpc) is 2.60. The van der Waals surface area contributed by atoms with Gasteiger partial charge in [-0.3, -0.25) is 9.69 Å². The van der Waals surface area contributed by atoms with Gasteiger partial charge in [0.1, 0.15) is 29.1 Å². The molecule has 3 aliphatic rings. The molecule has 0 aliphatic carbocycles. The lowest BCUT2D eigenvalue weighted by molar-refractivity contribution is -0.147. The van der Waals surface area contributed by atoms with Gasteiger partial charge in [-0.05, 0) is 12.5 Å². The van der Waals surface area contributed by atoms with Crippen molar-refractivity contribution in [2.75, 3.05) is 18.6 Å². The molecule has 1 saturated heterocycles. The van der Waals surface area contributed by atoms with Gasteiger partial charge in [0.25, 0.3) is 0 Å². The van der Waals surface area contributed by atoms with E-state index in [1.54, 1.807) is 4.90 Å². The van der Waals surface area contributed by atoms with Crippen molar-refractivity contribution in [2.45, 2.75) is 24.5 Å². The van der Waals surface area contributed by atoms with E-state index in [0.717, 1.165) is 5.57 Å². The fourth-order valence-electron chi connectivity index (χ4n) is 2.81. The van der Waals surface area contributed by atoms with E-state index in [-0.39, 0.29) is 23.1 Å². The van der Waals surface area contributed by atoms with Crippen molar-refractivity contribution in [3.63, 3.8) is 0 Å². The Labute approximate surface area is 153 Å². The molecule has 0 spiro atoms. The van der Waals surface area contributed by atoms with E-state index >= 15 is 0 Å². The summed E-state index contributed by atoms with van der Waals surface area (Å²) in [4.78, 5) is 31.0. The average molecular weight is 384 g/mol. The number of carboxylic acids is 1. The zero-order valence-corrected chi connectivity index (χ0v) is 15.4. The molecule has 1 amide bonds. The molecule has 3 atom stereocenters. The zero-order valence-electron chi connectivity index (χ0n) is 13.8. The van der Waals surface area contributed by atoms with Crippen LogP contribution in [-0.4, -0.2) is 68.1 Å². The molecule has 11 heteroatoms. The van der Waals surface area contributed by atoms with Crippen LogP contribution in [0.2, 0.25) is 0 Å². The number of carbonyl (C=O) groups excluding carboxylic acids is 1. The van der Waals surface area contributed by atoms with Gasteiger partial charge in [-0.2, -0.15) is 0 Å². The molecule has 0 bridgehead atoms. The van der Waals surface area contributed by atoms with Gasteiger partial charge in [-0.25, -0.2) is 9.79 Å². The quantitative estimate of drug-likeness (QED) is 0.453. The molecule has 0 aromatic carbocycles. The second-order valence-corrected chi connectivity index (χ2v) is 8.05. The van der Waals surface area contributed by atoms with Crippen molar-refractivity contribution in [1.29, 1.82) is 0 Å². The Morgan fingerprint density at radius 2 is 2.16 bits per heavy atom. The number of amidine groups is 1. The summed E-state index contributed by atoms with van der Waals surface area (Å²) in [5.41, 5.74) is 19.2. The van der Waals surface area contributed by atoms with Crippen molar-refractivity contribution < 1.29 is 14.7 Å². The highest BCUT2D eigenvalue weighted by atomic mass is 32.2. The van der Waals surface area contributed by atoms with Crippen LogP contribution in [0.5, 0.6) is 0 Å². The van der Waals surface area contributed by atoms with E-state index < -0.39 is 12.0 Å². The number of rotatable bonds is 3. The molecular formula is C14H20N6O3S2. The molecule has 0 aromatic heterocycles. The third kappa shape index (κ3) is 2.90. The molecule has 0 saturated carbocycles. The minimum atomic E-state index is -1.12. The smallest absolute Gasteiger partial charge is 0.352 e. The molecule has 0 aromatic rings. The standard InChI is InChI=1S/C14H20N6O3S2/c1-5-9(16)18-14(19(2)10(5)17)25-4-6-3-24-12-7(15)11(21)20(12)8(6)13(22)23/h7,10,12H,3-4,15-17H2,1-2H3,(H,22,23)/t7?,10?,12-/m0/s1. The Kier molecular flexibility index (Phi) is 4.75. The Morgan fingerprint density at radius 3 is 2.80 bits per heavy atom. The van der Waals surface area contributed by atoms with E-state index in [0.29, 0.717) is 28.1 Å². The molecule has 1 fully saturated rings. The first-order chi connectivity index (χ1) is 11.7. The summed E-state index contributed by atoms with van der Waals surface area (Å²) in [6, 6.07) is -0.631. The number of carboxylic acid groups (broad SMARTS) is 1. The zero-order chi connectivity index (χ0) is 18.5. The van der Waals surface area contributed by atoms with E-state index in [4.69, 9.17) is 17.2 Å². The SMILES string of the molecule is CC1=C(N)N=C(SCC2=C(C(=O)O)N3C(=O)C(N)[C@@H]3SC2)N(C)C1N. The molecule has 9 nitrogen and oxygen atoms in total. The topological polar surface area (TPSA) is 151 Å². The van der Waals surface area contributed by atoms with E-state index in [1.807, 2.05) is 14.0 Å². The first-order valence-corrected chi connectivity index (χ1v) is 9.59. The summed E-state index contributed by atoms with van der Waals surface area (Å²) < 4.78 is 0. The van der Waals surface area contributed by atoms with Crippen molar-refractivity contribution in [3.8, 4) is 0 Å². The van der Waals surface area contributed by atoms with Crippen LogP contribution in [0.4, 0.5) is 0 Å². The lowest BCUT2D eigenvalue weighted by atomic mass is 10.0. The molecular weight excluding hydrogens is 364 g/mol. The monoisotopic (exact) mass is 384 g/mol. The number of hydrogen-bond donors (Lipinski definition) is 4. The maximum absolute atomic E-state index is 11.9. The van der Waals surface area contributed by atoms with Gasteiger partial charge in [0, 0.05) is 24.1 Å². The number of nitrogens with two attached hydrogens (primary N) is 3. The van der Waals surface area contributed by atoms with Crippen molar-refractivity contribution in [3.05, 3.63) is 22.7 Å². The molecule has 3 aliphatic heterocycles. The van der Waals surface area contributed by atoms with Crippen LogP contribution in [0.25, 0.3) is 0 Å². The number of likely N-dealkylation sites (N-methyl/N-ethyl adjacent to an activating group) is 1. The first-order valence-electron chi connectivity index (χ1n) is 7.55. The van der Waals surface area contributed by atoms with Crippen LogP contribution in [0.1, 0.15) is 6.92 Å². The highest BCUT2D eigenvalue weighted by Crippen LogP contribution is 2.40. The third-order valence-electron chi connectivity index (χ3n) is 4.45. The van der Waals surface area contributed by atoms with Crippen LogP contribution < -0.4 is 17.2 Å². The number of β-lactam (4-membered cyclic amide) rings is 1. The fraction of sp³-hybridized carbons (Fsp3) is 0.500. The van der Waals surface area contributed by atoms with Gasteiger partial charge >= 0.3 is 5.97 Å². The summed E-state index contributed by atoms with van der Waals surface area (Å²) in [5.74, 6) is -0.212. The normalized spacial score (nSPS) is 29.5. The van der Waals surface area contributed by atoms with Crippen LogP contribution in [0, 0.1) is 0 Å². The van der Waals surface area contributed by atoms with Crippen molar-refractivity contribution in [1.82, 2.24) is 9.80 Å². The Hall–Kier alpha value is -1.69. The fourth-order valence-corrected chi connectivity index (χ4v) is 5.25. The number of carbonyl (C=O) groups is 2. The Bertz CT molecular complexity index is 734. The predicted molar refractivity (Wildman–Crippen MR) is 98.2 cm³/mol. The number of hydrogen-bond acceptors (Lipinski definition) is 9. The van der Waals surface area contributed by atoms with Crippen LogP contribution in [0.15, 0.2) is 27.7 Å². The molecule has 3 heterocycles. The number of nitrogens with zero attached hydrogens (tertiary/aromatic N) is 3. The van der Waals surface area contributed by atoms with Crippen LogP contribution >= 0.6 is 23.5 Å². The maximum atomic E-state index is 11.9. The molecule has 7 N–H and O–H groups in total. The van der Waals surface area contributed by atoms with Crippen LogP contribution in [-0.2, 0) is 9.59 Å². The second kappa shape index (κ2) is 6.56. The first kappa shape index (κ1) is 18.1. The molecule has 136 valence electrons. The number of aliphatic imine (C=N–C) groups is 1. The summed E-state index contributed by atoms with van der Waals surface area (Å²) >= 11 is 2.83. The summed E-state index contributed by atoms with van der Waals surface area (Å²) in [5, 5.41) is 9.87. The lowest BCUT2D eigenvalue weighted by Gasteiger charge is -2.48. The minimum absolute atomic E-state index is 0.0333. The van der Waals surface area contributed by atoms with Gasteiger partial charge in [0.05, 0.1) is 0 Å². The predicted octanol–water partition coefficient (Wildman–Crippen LogP) is -0.923. The summed E-state index contributed by atoms with van der Waals surface area (Å²) in [7, 11) is 1.81. The molecule has 2 unspecified atom stereocenters. The van der Waals surface area contributed by atoms with E-state index in [9.17, 15) is 14.7 Å². The van der Waals surface area contributed by atoms with E-state index in [2.05, 4.69) is 4.99 Å². The highest BCUT2D eigenvalue weighted by molar-refractivity contribution is 8.14. The molecule has 25 heavy (non-hydrogen) atoms. The third-order valence-corrected chi connectivity index (χ3v) is 6.94. The van der Waals surface area contributed by atoms with Crippen molar-refractivity contribution in [2.24, 2.45) is 22.2 Å².